The van der Waals surface area contributed by atoms with Crippen LogP contribution in [0.1, 0.15) is 33.5 Å². The van der Waals surface area contributed by atoms with Crippen molar-refractivity contribution < 1.29 is 14.3 Å². The number of rotatable bonds is 6. The Bertz CT molecular complexity index is 674. The van der Waals surface area contributed by atoms with Crippen molar-refractivity contribution in [2.75, 3.05) is 14.2 Å². The van der Waals surface area contributed by atoms with Gasteiger partial charge in [0.15, 0.2) is 5.78 Å². The second-order valence-electron chi connectivity index (χ2n) is 5.41. The van der Waals surface area contributed by atoms with Crippen LogP contribution in [0.3, 0.4) is 0 Å². The Hall–Kier alpha value is -2.29. The molecule has 0 radical (unpaired) electrons. The third-order valence-electron chi connectivity index (χ3n) is 3.82. The second kappa shape index (κ2) is 7.12. The summed E-state index contributed by atoms with van der Waals surface area (Å²) in [5, 5.41) is 0. The number of Topliss-reactive ketones (excluding diaryl/α,β-unsaturated/α-hetero) is 1. The van der Waals surface area contributed by atoms with Crippen molar-refractivity contribution in [3.8, 4) is 11.5 Å². The van der Waals surface area contributed by atoms with Gasteiger partial charge < -0.3 is 9.47 Å². The van der Waals surface area contributed by atoms with Crippen LogP contribution >= 0.6 is 0 Å². The molecule has 3 heteroatoms. The summed E-state index contributed by atoms with van der Waals surface area (Å²) < 4.78 is 10.5. The molecule has 0 unspecified atom stereocenters. The lowest BCUT2D eigenvalue weighted by molar-refractivity contribution is 0.0982. The van der Waals surface area contributed by atoms with E-state index in [-0.39, 0.29) is 5.78 Å². The summed E-state index contributed by atoms with van der Waals surface area (Å²) in [6.45, 7) is 3.96. The molecule has 0 aromatic heterocycles. The van der Waals surface area contributed by atoms with Crippen molar-refractivity contribution in [2.45, 2.75) is 26.7 Å². The van der Waals surface area contributed by atoms with Gasteiger partial charge in [0, 0.05) is 12.0 Å². The van der Waals surface area contributed by atoms with Crippen molar-refractivity contribution in [1.29, 1.82) is 0 Å². The van der Waals surface area contributed by atoms with E-state index in [1.165, 1.54) is 0 Å². The third kappa shape index (κ3) is 3.67. The molecule has 0 saturated heterocycles. The quantitative estimate of drug-likeness (QED) is 0.752. The number of carbonyl (C=O) groups excluding carboxylic acids is 1. The fourth-order valence-corrected chi connectivity index (χ4v) is 2.55. The minimum atomic E-state index is 0.152. The molecule has 3 nitrogen and oxygen atoms in total. The maximum absolute atomic E-state index is 12.3. The summed E-state index contributed by atoms with van der Waals surface area (Å²) in [6.07, 6.45) is 1.23. The number of hydrogen-bond acceptors (Lipinski definition) is 3. The predicted octanol–water partition coefficient (Wildman–Crippen LogP) is 4.14. The van der Waals surface area contributed by atoms with E-state index in [1.54, 1.807) is 14.2 Å². The van der Waals surface area contributed by atoms with E-state index in [1.807, 2.05) is 44.2 Å². The standard InChI is InChI=1S/C19H22O3/c1-13-11-15(6-9-18(13)21-3)5-8-17(20)16-7-10-19(22-4)14(2)12-16/h6-7,9-12H,5,8H2,1-4H3. The molecule has 0 N–H and O–H groups in total. The van der Waals surface area contributed by atoms with Gasteiger partial charge in [-0.15, -0.1) is 0 Å². The first-order valence-corrected chi connectivity index (χ1v) is 7.36. The summed E-state index contributed by atoms with van der Waals surface area (Å²) >= 11 is 0. The normalized spacial score (nSPS) is 10.4. The molecular formula is C19H22O3. The van der Waals surface area contributed by atoms with E-state index in [9.17, 15) is 4.79 Å². The molecule has 2 rings (SSSR count). The Morgan fingerprint density at radius 2 is 1.50 bits per heavy atom. The van der Waals surface area contributed by atoms with E-state index in [4.69, 9.17) is 9.47 Å². The van der Waals surface area contributed by atoms with Gasteiger partial charge in [0.2, 0.25) is 0 Å². The zero-order chi connectivity index (χ0) is 16.1. The lowest BCUT2D eigenvalue weighted by atomic mass is 10.00. The fraction of sp³-hybridized carbons (Fsp3) is 0.316. The van der Waals surface area contributed by atoms with Crippen molar-refractivity contribution in [3.63, 3.8) is 0 Å². The molecule has 0 fully saturated rings. The Morgan fingerprint density at radius 1 is 0.909 bits per heavy atom. The van der Waals surface area contributed by atoms with Crippen molar-refractivity contribution in [3.05, 3.63) is 58.7 Å². The van der Waals surface area contributed by atoms with Gasteiger partial charge >= 0.3 is 0 Å². The van der Waals surface area contributed by atoms with Crippen molar-refractivity contribution in [1.82, 2.24) is 0 Å². The first kappa shape index (κ1) is 16.1. The Balaban J connectivity index is 2.03. The average Bonchev–Trinajstić information content (AvgIpc) is 2.52. The molecule has 2 aromatic rings. The smallest absolute Gasteiger partial charge is 0.163 e. The van der Waals surface area contributed by atoms with E-state index >= 15 is 0 Å². The predicted molar refractivity (Wildman–Crippen MR) is 88.1 cm³/mol. The highest BCUT2D eigenvalue weighted by Gasteiger charge is 2.09. The summed E-state index contributed by atoms with van der Waals surface area (Å²) in [6, 6.07) is 11.6. The number of benzene rings is 2. The monoisotopic (exact) mass is 298 g/mol. The van der Waals surface area contributed by atoms with E-state index in [0.29, 0.717) is 6.42 Å². The molecular weight excluding hydrogens is 276 g/mol. The van der Waals surface area contributed by atoms with Crippen LogP contribution in [0.4, 0.5) is 0 Å². The second-order valence-corrected chi connectivity index (χ2v) is 5.41. The van der Waals surface area contributed by atoms with Crippen LogP contribution in [0.5, 0.6) is 11.5 Å². The van der Waals surface area contributed by atoms with E-state index in [2.05, 4.69) is 6.07 Å². The van der Waals surface area contributed by atoms with Gasteiger partial charge in [-0.3, -0.25) is 4.79 Å². The Labute approximate surface area is 131 Å². The van der Waals surface area contributed by atoms with Crippen LogP contribution < -0.4 is 9.47 Å². The molecule has 0 bridgehead atoms. The lowest BCUT2D eigenvalue weighted by Gasteiger charge is -2.08. The van der Waals surface area contributed by atoms with Gasteiger partial charge in [0.05, 0.1) is 14.2 Å². The Morgan fingerprint density at radius 3 is 2.05 bits per heavy atom. The maximum Gasteiger partial charge on any atom is 0.163 e. The molecule has 0 aliphatic carbocycles. The van der Waals surface area contributed by atoms with Crippen LogP contribution in [0.2, 0.25) is 0 Å². The minimum Gasteiger partial charge on any atom is -0.496 e. The number of aryl methyl sites for hydroxylation is 3. The molecule has 0 spiro atoms. The molecule has 0 aliphatic heterocycles. The molecule has 0 atom stereocenters. The number of hydrogen-bond donors (Lipinski definition) is 0. The average molecular weight is 298 g/mol. The number of ketones is 1. The summed E-state index contributed by atoms with van der Waals surface area (Å²) in [7, 11) is 3.30. The summed E-state index contributed by atoms with van der Waals surface area (Å²) in [4.78, 5) is 12.3. The van der Waals surface area contributed by atoms with E-state index in [0.717, 1.165) is 40.2 Å². The molecule has 0 heterocycles. The zero-order valence-corrected chi connectivity index (χ0v) is 13.6. The van der Waals surface area contributed by atoms with Crippen molar-refractivity contribution >= 4 is 5.78 Å². The van der Waals surface area contributed by atoms with Crippen molar-refractivity contribution in [2.24, 2.45) is 0 Å². The van der Waals surface area contributed by atoms with Gasteiger partial charge in [-0.05, 0) is 61.2 Å². The van der Waals surface area contributed by atoms with Gasteiger partial charge in [-0.1, -0.05) is 12.1 Å². The summed E-state index contributed by atoms with van der Waals surface area (Å²) in [5.74, 6) is 1.84. The third-order valence-corrected chi connectivity index (χ3v) is 3.82. The van der Waals surface area contributed by atoms with E-state index < -0.39 is 0 Å². The highest BCUT2D eigenvalue weighted by atomic mass is 16.5. The first-order valence-electron chi connectivity index (χ1n) is 7.36. The zero-order valence-electron chi connectivity index (χ0n) is 13.6. The van der Waals surface area contributed by atoms with Crippen LogP contribution in [0, 0.1) is 13.8 Å². The van der Waals surface area contributed by atoms with Gasteiger partial charge in [-0.25, -0.2) is 0 Å². The van der Waals surface area contributed by atoms with Gasteiger partial charge in [0.1, 0.15) is 11.5 Å². The topological polar surface area (TPSA) is 35.5 Å². The number of ether oxygens (including phenoxy) is 2. The first-order chi connectivity index (χ1) is 10.5. The minimum absolute atomic E-state index is 0.152. The SMILES string of the molecule is COc1ccc(CCC(=O)c2ccc(OC)c(C)c2)cc1C. The highest BCUT2D eigenvalue weighted by Crippen LogP contribution is 2.21. The number of methoxy groups -OCH3 is 2. The largest absolute Gasteiger partial charge is 0.496 e. The Kier molecular flexibility index (Phi) is 5.21. The molecule has 0 amide bonds. The van der Waals surface area contributed by atoms with Crippen LogP contribution in [-0.4, -0.2) is 20.0 Å². The fourth-order valence-electron chi connectivity index (χ4n) is 2.55. The van der Waals surface area contributed by atoms with Gasteiger partial charge in [0.25, 0.3) is 0 Å². The summed E-state index contributed by atoms with van der Waals surface area (Å²) in [5.41, 5.74) is 3.96. The number of carbonyl (C=O) groups is 1. The molecule has 116 valence electrons. The van der Waals surface area contributed by atoms with Crippen LogP contribution in [-0.2, 0) is 6.42 Å². The highest BCUT2D eigenvalue weighted by molar-refractivity contribution is 5.96. The lowest BCUT2D eigenvalue weighted by Crippen LogP contribution is -2.02. The molecule has 0 saturated carbocycles. The molecule has 22 heavy (non-hydrogen) atoms. The molecule has 0 aliphatic rings. The van der Waals surface area contributed by atoms with Gasteiger partial charge in [-0.2, -0.15) is 0 Å². The molecule has 2 aromatic carbocycles. The maximum atomic E-state index is 12.3. The van der Waals surface area contributed by atoms with Crippen LogP contribution in [0.15, 0.2) is 36.4 Å². The van der Waals surface area contributed by atoms with Crippen LogP contribution in [0.25, 0.3) is 0 Å².